The van der Waals surface area contributed by atoms with Crippen LogP contribution in [-0.4, -0.2) is 51.8 Å². The Labute approximate surface area is 207 Å². The van der Waals surface area contributed by atoms with Crippen molar-refractivity contribution >= 4 is 5.91 Å². The molecule has 0 saturated heterocycles. The number of benzene rings is 2. The molecule has 0 spiro atoms. The number of carbonyl (C=O) groups excluding carboxylic acids is 1. The predicted molar refractivity (Wildman–Crippen MR) is 129 cm³/mol. The van der Waals surface area contributed by atoms with Crippen molar-refractivity contribution in [2.75, 3.05) is 21.3 Å². The fourth-order valence-electron chi connectivity index (χ4n) is 4.51. The highest BCUT2D eigenvalue weighted by Crippen LogP contribution is 2.40. The minimum Gasteiger partial charge on any atom is -0.497 e. The standard InChI is InChI=1S/C26H25N5O5/c1-33-17-8-9-20-19(10-17)26(32)30(12-16-6-7-18(34-2)11-22(16)35-3)13-21-23(27-14-31(20)21)25-28-24(29-36-25)15-4-5-15/h6-11,14-15H,4-5,12-13H2,1-3H3. The zero-order chi connectivity index (χ0) is 24.8. The summed E-state index contributed by atoms with van der Waals surface area (Å²) in [5, 5.41) is 4.15. The minimum atomic E-state index is -0.138. The first kappa shape index (κ1) is 22.1. The lowest BCUT2D eigenvalue weighted by molar-refractivity contribution is 0.0731. The quantitative estimate of drug-likeness (QED) is 0.386. The lowest BCUT2D eigenvalue weighted by Crippen LogP contribution is -2.29. The summed E-state index contributed by atoms with van der Waals surface area (Å²) in [6, 6.07) is 11.0. The number of hydrogen-bond donors (Lipinski definition) is 0. The molecule has 0 bridgehead atoms. The maximum atomic E-state index is 13.9. The topological polar surface area (TPSA) is 105 Å². The number of nitrogens with zero attached hydrogens (tertiary/aromatic N) is 5. The Morgan fingerprint density at radius 2 is 1.81 bits per heavy atom. The van der Waals surface area contributed by atoms with Crippen LogP contribution < -0.4 is 14.2 Å². The summed E-state index contributed by atoms with van der Waals surface area (Å²) < 4.78 is 23.8. The van der Waals surface area contributed by atoms with Gasteiger partial charge in [0, 0.05) is 17.5 Å². The first-order chi connectivity index (χ1) is 17.6. The number of imidazole rings is 1. The van der Waals surface area contributed by atoms with Gasteiger partial charge in [-0.1, -0.05) is 5.16 Å². The summed E-state index contributed by atoms with van der Waals surface area (Å²) in [6.45, 7) is 0.589. The average molecular weight is 488 g/mol. The maximum Gasteiger partial charge on any atom is 0.278 e. The summed E-state index contributed by atoms with van der Waals surface area (Å²) in [6.07, 6.45) is 3.84. The molecule has 10 heteroatoms. The molecule has 1 aliphatic carbocycles. The van der Waals surface area contributed by atoms with E-state index in [4.69, 9.17) is 18.7 Å². The molecule has 1 aliphatic heterocycles. The van der Waals surface area contributed by atoms with Gasteiger partial charge in [-0.15, -0.1) is 0 Å². The molecule has 0 radical (unpaired) electrons. The maximum absolute atomic E-state index is 13.9. The molecule has 3 heterocycles. The third-order valence-electron chi connectivity index (χ3n) is 6.63. The molecule has 2 aromatic carbocycles. The van der Waals surface area contributed by atoms with Gasteiger partial charge in [-0.25, -0.2) is 4.98 Å². The Bertz CT molecular complexity index is 1450. The van der Waals surface area contributed by atoms with Crippen LogP contribution in [-0.2, 0) is 13.1 Å². The van der Waals surface area contributed by atoms with Crippen LogP contribution in [0.15, 0.2) is 47.2 Å². The van der Waals surface area contributed by atoms with Gasteiger partial charge in [-0.05, 0) is 43.2 Å². The first-order valence-electron chi connectivity index (χ1n) is 11.7. The SMILES string of the molecule is COc1ccc(CN2Cc3c(-c4nc(C5CC5)no4)ncn3-c3ccc(OC)cc3C2=O)c(OC)c1. The summed E-state index contributed by atoms with van der Waals surface area (Å²) >= 11 is 0. The molecule has 2 aliphatic rings. The minimum absolute atomic E-state index is 0.138. The van der Waals surface area contributed by atoms with Crippen LogP contribution in [0.1, 0.15) is 46.2 Å². The molecule has 36 heavy (non-hydrogen) atoms. The summed E-state index contributed by atoms with van der Waals surface area (Å²) in [5.41, 5.74) is 3.41. The van der Waals surface area contributed by atoms with Gasteiger partial charge in [-0.3, -0.25) is 9.36 Å². The number of hydrogen-bond acceptors (Lipinski definition) is 8. The Balaban J connectivity index is 1.45. The smallest absolute Gasteiger partial charge is 0.278 e. The third-order valence-corrected chi connectivity index (χ3v) is 6.63. The molecule has 1 amide bonds. The number of methoxy groups -OCH3 is 3. The number of carbonyl (C=O) groups is 1. The van der Waals surface area contributed by atoms with Crippen molar-refractivity contribution in [2.24, 2.45) is 0 Å². The van der Waals surface area contributed by atoms with Gasteiger partial charge in [-0.2, -0.15) is 4.98 Å². The van der Waals surface area contributed by atoms with E-state index >= 15 is 0 Å². The molecular weight excluding hydrogens is 462 g/mol. The number of amides is 1. The number of fused-ring (bicyclic) bond motifs is 3. The Morgan fingerprint density at radius 1 is 1.03 bits per heavy atom. The molecule has 1 saturated carbocycles. The van der Waals surface area contributed by atoms with Crippen LogP contribution in [0.5, 0.6) is 17.2 Å². The summed E-state index contributed by atoms with van der Waals surface area (Å²) in [5.74, 6) is 3.20. The molecule has 0 atom stereocenters. The second kappa shape index (κ2) is 8.71. The van der Waals surface area contributed by atoms with Crippen molar-refractivity contribution in [3.63, 3.8) is 0 Å². The van der Waals surface area contributed by atoms with E-state index < -0.39 is 0 Å². The second-order valence-corrected chi connectivity index (χ2v) is 8.86. The van der Waals surface area contributed by atoms with Crippen molar-refractivity contribution in [3.05, 3.63) is 65.4 Å². The van der Waals surface area contributed by atoms with E-state index in [2.05, 4.69) is 15.1 Å². The first-order valence-corrected chi connectivity index (χ1v) is 11.7. The van der Waals surface area contributed by atoms with E-state index in [1.807, 2.05) is 34.9 Å². The van der Waals surface area contributed by atoms with Crippen LogP contribution in [0, 0.1) is 0 Å². The van der Waals surface area contributed by atoms with Crippen LogP contribution in [0.4, 0.5) is 0 Å². The van der Waals surface area contributed by atoms with Gasteiger partial charge in [0.05, 0.1) is 51.4 Å². The average Bonchev–Trinajstić information content (AvgIpc) is 3.53. The number of ether oxygens (including phenoxy) is 3. The van der Waals surface area contributed by atoms with Crippen molar-refractivity contribution in [1.29, 1.82) is 0 Å². The molecule has 0 N–H and O–H groups in total. The van der Waals surface area contributed by atoms with Crippen molar-refractivity contribution in [2.45, 2.75) is 31.8 Å². The third kappa shape index (κ3) is 3.74. The van der Waals surface area contributed by atoms with Gasteiger partial charge >= 0.3 is 0 Å². The summed E-state index contributed by atoms with van der Waals surface area (Å²) in [4.78, 5) is 24.8. The normalized spacial score (nSPS) is 14.8. The van der Waals surface area contributed by atoms with Crippen molar-refractivity contribution < 1.29 is 23.5 Å². The molecule has 2 aromatic heterocycles. The number of aromatic nitrogens is 4. The molecule has 10 nitrogen and oxygen atoms in total. The van der Waals surface area contributed by atoms with Gasteiger partial charge in [0.25, 0.3) is 11.8 Å². The van der Waals surface area contributed by atoms with Crippen LogP contribution >= 0.6 is 0 Å². The fraction of sp³-hybridized carbons (Fsp3) is 0.308. The van der Waals surface area contributed by atoms with Gasteiger partial charge in [0.15, 0.2) is 11.5 Å². The highest BCUT2D eigenvalue weighted by Gasteiger charge is 2.33. The molecule has 4 aromatic rings. The van der Waals surface area contributed by atoms with Crippen molar-refractivity contribution in [3.8, 4) is 34.5 Å². The Morgan fingerprint density at radius 3 is 2.56 bits per heavy atom. The van der Waals surface area contributed by atoms with E-state index in [1.165, 1.54) is 0 Å². The highest BCUT2D eigenvalue weighted by molar-refractivity contribution is 5.99. The lowest BCUT2D eigenvalue weighted by atomic mass is 10.1. The van der Waals surface area contributed by atoms with E-state index in [0.717, 1.165) is 24.1 Å². The molecule has 184 valence electrons. The zero-order valence-electron chi connectivity index (χ0n) is 20.2. The molecular formula is C26H25N5O5. The second-order valence-electron chi connectivity index (χ2n) is 8.86. The van der Waals surface area contributed by atoms with Gasteiger partial charge in [0.2, 0.25) is 0 Å². The molecule has 0 unspecified atom stereocenters. The van der Waals surface area contributed by atoms with E-state index in [1.54, 1.807) is 38.6 Å². The molecule has 1 fully saturated rings. The Kier molecular flexibility index (Phi) is 5.36. The zero-order valence-corrected chi connectivity index (χ0v) is 20.2. The largest absolute Gasteiger partial charge is 0.497 e. The lowest BCUT2D eigenvalue weighted by Gasteiger charge is -2.22. The van der Waals surface area contributed by atoms with Crippen LogP contribution in [0.25, 0.3) is 17.3 Å². The summed E-state index contributed by atoms with van der Waals surface area (Å²) in [7, 11) is 4.78. The monoisotopic (exact) mass is 487 g/mol. The van der Waals surface area contributed by atoms with Crippen molar-refractivity contribution in [1.82, 2.24) is 24.6 Å². The number of rotatable bonds is 7. The van der Waals surface area contributed by atoms with E-state index in [-0.39, 0.29) is 12.5 Å². The molecule has 6 rings (SSSR count). The highest BCUT2D eigenvalue weighted by atomic mass is 16.5. The fourth-order valence-corrected chi connectivity index (χ4v) is 4.51. The predicted octanol–water partition coefficient (Wildman–Crippen LogP) is 3.98. The van der Waals surface area contributed by atoms with E-state index in [0.29, 0.717) is 58.4 Å². The Hall–Kier alpha value is -4.34. The van der Waals surface area contributed by atoms with Crippen LogP contribution in [0.2, 0.25) is 0 Å². The van der Waals surface area contributed by atoms with Gasteiger partial charge in [0.1, 0.15) is 23.6 Å². The van der Waals surface area contributed by atoms with Gasteiger partial charge < -0.3 is 23.6 Å². The van der Waals surface area contributed by atoms with Crippen LogP contribution in [0.3, 0.4) is 0 Å². The van der Waals surface area contributed by atoms with E-state index in [9.17, 15) is 4.79 Å².